The first-order chi connectivity index (χ1) is 14.0. The topological polar surface area (TPSA) is 38.3 Å². The number of likely N-dealkylation sites (tertiary alicyclic amines) is 1. The second-order valence-electron chi connectivity index (χ2n) is 7.76. The second kappa shape index (κ2) is 11.0. The minimum atomic E-state index is -0.971. The molecule has 2 aromatic rings. The molecule has 0 saturated carbocycles. The summed E-state index contributed by atoms with van der Waals surface area (Å²) in [4.78, 5) is 3.55. The van der Waals surface area contributed by atoms with Crippen LogP contribution in [0.15, 0.2) is 47.4 Å². The summed E-state index contributed by atoms with van der Waals surface area (Å²) in [6, 6.07) is 14.5. The number of likely N-dealkylation sites (N-methyl/N-ethyl adjacent to an activating group) is 1. The SMILES string of the molecule is CNCC(CCN1CCCCC1c1ccccc1[S+](C)[O-])c1ccc(Cl)c(Cl)c1. The largest absolute Gasteiger partial charge is 0.612 e. The summed E-state index contributed by atoms with van der Waals surface area (Å²) in [6.45, 7) is 2.98. The van der Waals surface area contributed by atoms with Crippen molar-refractivity contribution in [3.05, 3.63) is 63.6 Å². The minimum absolute atomic E-state index is 0.341. The average molecular weight is 453 g/mol. The van der Waals surface area contributed by atoms with Gasteiger partial charge in [0.15, 0.2) is 4.90 Å². The second-order valence-corrected chi connectivity index (χ2v) is 9.92. The van der Waals surface area contributed by atoms with E-state index < -0.39 is 11.2 Å². The highest BCUT2D eigenvalue weighted by molar-refractivity contribution is 7.90. The third kappa shape index (κ3) is 5.90. The van der Waals surface area contributed by atoms with Crippen molar-refractivity contribution in [1.82, 2.24) is 10.2 Å². The number of hydrogen-bond acceptors (Lipinski definition) is 3. The Balaban J connectivity index is 1.76. The van der Waals surface area contributed by atoms with Crippen molar-refractivity contribution in [3.63, 3.8) is 0 Å². The molecule has 3 nitrogen and oxygen atoms in total. The van der Waals surface area contributed by atoms with Crippen LogP contribution >= 0.6 is 23.2 Å². The lowest BCUT2D eigenvalue weighted by Crippen LogP contribution is -2.36. The van der Waals surface area contributed by atoms with E-state index in [0.717, 1.165) is 37.4 Å². The summed E-state index contributed by atoms with van der Waals surface area (Å²) in [7, 11) is 1.99. The maximum Gasteiger partial charge on any atom is 0.157 e. The molecular formula is C23H30Cl2N2OS. The molecule has 3 atom stereocenters. The normalized spacial score (nSPS) is 19.8. The van der Waals surface area contributed by atoms with Gasteiger partial charge in [-0.15, -0.1) is 0 Å². The van der Waals surface area contributed by atoms with Gasteiger partial charge in [-0.1, -0.05) is 53.9 Å². The molecule has 1 N–H and O–H groups in total. The maximum atomic E-state index is 12.3. The van der Waals surface area contributed by atoms with Crippen LogP contribution in [-0.2, 0) is 11.2 Å². The van der Waals surface area contributed by atoms with Gasteiger partial charge in [-0.25, -0.2) is 0 Å². The summed E-state index contributed by atoms with van der Waals surface area (Å²) < 4.78 is 12.3. The van der Waals surface area contributed by atoms with E-state index in [9.17, 15) is 4.55 Å². The van der Waals surface area contributed by atoms with E-state index >= 15 is 0 Å². The monoisotopic (exact) mass is 452 g/mol. The van der Waals surface area contributed by atoms with E-state index in [0.29, 0.717) is 22.0 Å². The number of nitrogens with one attached hydrogen (secondary N) is 1. The number of hydrogen-bond donors (Lipinski definition) is 1. The zero-order valence-corrected chi connectivity index (χ0v) is 19.5. The van der Waals surface area contributed by atoms with Crippen LogP contribution in [0.1, 0.15) is 48.8 Å². The predicted molar refractivity (Wildman–Crippen MR) is 125 cm³/mol. The van der Waals surface area contributed by atoms with Crippen molar-refractivity contribution in [2.75, 3.05) is 32.9 Å². The van der Waals surface area contributed by atoms with Crippen LogP contribution in [0.3, 0.4) is 0 Å². The van der Waals surface area contributed by atoms with E-state index in [-0.39, 0.29) is 0 Å². The molecule has 1 aliphatic rings. The Labute approximate surface area is 188 Å². The molecular weight excluding hydrogens is 423 g/mol. The zero-order chi connectivity index (χ0) is 20.8. The van der Waals surface area contributed by atoms with Crippen LogP contribution in [0.25, 0.3) is 0 Å². The van der Waals surface area contributed by atoms with Gasteiger partial charge in [0.2, 0.25) is 0 Å². The molecule has 2 aromatic carbocycles. The van der Waals surface area contributed by atoms with Crippen molar-refractivity contribution < 1.29 is 4.55 Å². The molecule has 1 saturated heterocycles. The highest BCUT2D eigenvalue weighted by Crippen LogP contribution is 2.36. The lowest BCUT2D eigenvalue weighted by atomic mass is 9.92. The fraction of sp³-hybridized carbons (Fsp3) is 0.478. The summed E-state index contributed by atoms with van der Waals surface area (Å²) >= 11 is 11.4. The predicted octanol–water partition coefficient (Wildman–Crippen LogP) is 5.65. The van der Waals surface area contributed by atoms with Crippen molar-refractivity contribution >= 4 is 34.4 Å². The highest BCUT2D eigenvalue weighted by atomic mass is 35.5. The van der Waals surface area contributed by atoms with Crippen LogP contribution < -0.4 is 5.32 Å². The molecule has 3 unspecified atom stereocenters. The van der Waals surface area contributed by atoms with Crippen molar-refractivity contribution in [3.8, 4) is 0 Å². The number of nitrogens with zero attached hydrogens (tertiary/aromatic N) is 1. The van der Waals surface area contributed by atoms with E-state index in [1.165, 1.54) is 24.0 Å². The van der Waals surface area contributed by atoms with Gasteiger partial charge in [0.05, 0.1) is 10.0 Å². The molecule has 29 heavy (non-hydrogen) atoms. The number of benzene rings is 2. The Hall–Kier alpha value is -0.750. The van der Waals surface area contributed by atoms with Gasteiger partial charge >= 0.3 is 0 Å². The van der Waals surface area contributed by atoms with Gasteiger partial charge in [0.25, 0.3) is 0 Å². The Kier molecular flexibility index (Phi) is 8.72. The third-order valence-corrected chi connectivity index (χ3v) is 7.56. The van der Waals surface area contributed by atoms with Gasteiger partial charge in [-0.2, -0.15) is 0 Å². The lowest BCUT2D eigenvalue weighted by molar-refractivity contribution is 0.141. The van der Waals surface area contributed by atoms with E-state index in [1.807, 2.05) is 31.3 Å². The standard InChI is InChI=1S/C23H30Cl2N2OS/c1-26-16-18(17-10-11-20(24)21(25)15-17)12-14-27-13-6-5-8-22(27)19-7-3-4-9-23(19)29(2)28/h3-4,7,9-11,15,18,22,26H,5-6,8,12-14,16H2,1-2H3. The molecule has 0 aromatic heterocycles. The molecule has 0 amide bonds. The van der Waals surface area contributed by atoms with E-state index in [2.05, 4.69) is 28.4 Å². The van der Waals surface area contributed by atoms with Gasteiger partial charge in [0.1, 0.15) is 6.26 Å². The first-order valence-corrected chi connectivity index (χ1v) is 12.6. The fourth-order valence-corrected chi connectivity index (χ4v) is 5.46. The molecule has 6 heteroatoms. The van der Waals surface area contributed by atoms with Crippen LogP contribution in [0.4, 0.5) is 0 Å². The number of halogens is 2. The Morgan fingerprint density at radius 3 is 2.69 bits per heavy atom. The average Bonchev–Trinajstić information content (AvgIpc) is 2.73. The van der Waals surface area contributed by atoms with Crippen LogP contribution in [0.5, 0.6) is 0 Å². The van der Waals surface area contributed by atoms with E-state index in [4.69, 9.17) is 23.2 Å². The van der Waals surface area contributed by atoms with Gasteiger partial charge < -0.3 is 9.87 Å². The molecule has 0 bridgehead atoms. The van der Waals surface area contributed by atoms with Gasteiger partial charge in [-0.3, -0.25) is 4.90 Å². The van der Waals surface area contributed by atoms with Crippen LogP contribution in [0.2, 0.25) is 10.0 Å². The smallest absolute Gasteiger partial charge is 0.157 e. The Morgan fingerprint density at radius 1 is 1.17 bits per heavy atom. The molecule has 0 aliphatic carbocycles. The molecule has 1 fully saturated rings. The summed E-state index contributed by atoms with van der Waals surface area (Å²) in [6.07, 6.45) is 6.37. The highest BCUT2D eigenvalue weighted by Gasteiger charge is 2.28. The molecule has 3 rings (SSSR count). The summed E-state index contributed by atoms with van der Waals surface area (Å²) in [5, 5.41) is 4.53. The van der Waals surface area contributed by atoms with Crippen LogP contribution in [-0.4, -0.2) is 42.4 Å². The maximum absolute atomic E-state index is 12.3. The van der Waals surface area contributed by atoms with Crippen molar-refractivity contribution in [1.29, 1.82) is 0 Å². The third-order valence-electron chi connectivity index (χ3n) is 5.83. The van der Waals surface area contributed by atoms with Gasteiger partial charge in [0, 0.05) is 18.2 Å². The molecule has 1 heterocycles. The number of rotatable bonds is 8. The quantitative estimate of drug-likeness (QED) is 0.525. The van der Waals surface area contributed by atoms with Crippen molar-refractivity contribution in [2.24, 2.45) is 0 Å². The van der Waals surface area contributed by atoms with Crippen molar-refractivity contribution in [2.45, 2.75) is 42.5 Å². The summed E-state index contributed by atoms with van der Waals surface area (Å²) in [5.41, 5.74) is 2.45. The molecule has 1 aliphatic heterocycles. The fourth-order valence-electron chi connectivity index (χ4n) is 4.35. The Bertz CT molecular complexity index is 802. The lowest BCUT2D eigenvalue weighted by Gasteiger charge is -2.37. The summed E-state index contributed by atoms with van der Waals surface area (Å²) in [5.74, 6) is 0.368. The van der Waals surface area contributed by atoms with Crippen LogP contribution in [0, 0.1) is 0 Å². The Morgan fingerprint density at radius 2 is 1.97 bits per heavy atom. The zero-order valence-electron chi connectivity index (χ0n) is 17.2. The molecule has 0 spiro atoms. The molecule has 0 radical (unpaired) electrons. The molecule has 158 valence electrons. The minimum Gasteiger partial charge on any atom is -0.612 e. The van der Waals surface area contributed by atoms with E-state index in [1.54, 1.807) is 6.26 Å². The van der Waals surface area contributed by atoms with Gasteiger partial charge in [-0.05, 0) is 80.3 Å². The number of piperidine rings is 1. The first-order valence-electron chi connectivity index (χ1n) is 10.3. The first kappa shape index (κ1) is 22.9.